The summed E-state index contributed by atoms with van der Waals surface area (Å²) in [5, 5.41) is 0. The van der Waals surface area contributed by atoms with Gasteiger partial charge in [-0.15, -0.1) is 0 Å². The van der Waals surface area contributed by atoms with E-state index >= 15 is 0 Å². The molecule has 19 heavy (non-hydrogen) atoms. The Morgan fingerprint density at radius 3 is 3.05 bits per heavy atom. The van der Waals surface area contributed by atoms with Gasteiger partial charge in [-0.05, 0) is 50.3 Å². The molecule has 2 atom stereocenters. The molecule has 3 heterocycles. The maximum absolute atomic E-state index is 5.45. The third-order valence-corrected chi connectivity index (χ3v) is 5.53. The van der Waals surface area contributed by atoms with Gasteiger partial charge in [0.15, 0.2) is 0 Å². The molecule has 0 saturated carbocycles. The van der Waals surface area contributed by atoms with Crippen molar-refractivity contribution >= 4 is 0 Å². The lowest BCUT2D eigenvalue weighted by Gasteiger charge is -2.50. The number of hydrogen-bond donors (Lipinski definition) is 0. The Bertz CT molecular complexity index is 440. The molecule has 3 heteroatoms. The molecule has 0 amide bonds. The molecule has 2 saturated heterocycles. The first kappa shape index (κ1) is 12.0. The quantitative estimate of drug-likeness (QED) is 0.674. The molecule has 0 aromatic rings. The third kappa shape index (κ3) is 1.86. The van der Waals surface area contributed by atoms with Crippen molar-refractivity contribution in [3.05, 3.63) is 23.0 Å². The lowest BCUT2D eigenvalue weighted by molar-refractivity contribution is -0.00197. The molecule has 4 aliphatic rings. The molecule has 0 unspecified atom stereocenters. The highest BCUT2D eigenvalue weighted by Crippen LogP contribution is 2.41. The zero-order valence-corrected chi connectivity index (χ0v) is 11.9. The zero-order valence-electron chi connectivity index (χ0n) is 11.9. The molecule has 0 bridgehead atoms. The van der Waals surface area contributed by atoms with Crippen molar-refractivity contribution in [1.29, 1.82) is 0 Å². The number of ether oxygens (including phenoxy) is 1. The number of nitrogens with zero attached hydrogens (tertiary/aromatic N) is 2. The molecular formula is C16H24N2O. The Labute approximate surface area is 115 Å². The SMILES string of the molecule is COC1=CCC2=C(CCN3[C@@H]2CCN2CCC[C@H]23)C1. The van der Waals surface area contributed by atoms with Crippen molar-refractivity contribution in [3.8, 4) is 0 Å². The summed E-state index contributed by atoms with van der Waals surface area (Å²) in [5.74, 6) is 1.19. The average Bonchev–Trinajstić information content (AvgIpc) is 2.94. The van der Waals surface area contributed by atoms with E-state index in [4.69, 9.17) is 4.74 Å². The largest absolute Gasteiger partial charge is 0.501 e. The Morgan fingerprint density at radius 1 is 1.21 bits per heavy atom. The number of methoxy groups -OCH3 is 1. The van der Waals surface area contributed by atoms with E-state index in [9.17, 15) is 0 Å². The van der Waals surface area contributed by atoms with Crippen LogP contribution in [0.1, 0.15) is 38.5 Å². The Morgan fingerprint density at radius 2 is 2.16 bits per heavy atom. The van der Waals surface area contributed by atoms with E-state index in [0.717, 1.165) is 25.0 Å². The smallest absolute Gasteiger partial charge is 0.0959 e. The first-order valence-corrected chi connectivity index (χ1v) is 7.80. The first-order valence-electron chi connectivity index (χ1n) is 7.80. The highest BCUT2D eigenvalue weighted by molar-refractivity contribution is 5.33. The van der Waals surface area contributed by atoms with Crippen LogP contribution in [0.3, 0.4) is 0 Å². The third-order valence-electron chi connectivity index (χ3n) is 5.53. The summed E-state index contributed by atoms with van der Waals surface area (Å²) in [6.07, 6.45) is 10.6. The summed E-state index contributed by atoms with van der Waals surface area (Å²) in [5.41, 5.74) is 3.42. The van der Waals surface area contributed by atoms with Gasteiger partial charge in [0.25, 0.3) is 0 Å². The molecule has 3 aliphatic heterocycles. The number of fused-ring (bicyclic) bond motifs is 4. The maximum atomic E-state index is 5.45. The normalized spacial score (nSPS) is 35.5. The summed E-state index contributed by atoms with van der Waals surface area (Å²) in [4.78, 5) is 5.52. The van der Waals surface area contributed by atoms with Crippen LogP contribution >= 0.6 is 0 Å². The van der Waals surface area contributed by atoms with Crippen molar-refractivity contribution in [2.45, 2.75) is 50.7 Å². The van der Waals surface area contributed by atoms with E-state index < -0.39 is 0 Å². The lowest BCUT2D eigenvalue weighted by atomic mass is 9.82. The number of rotatable bonds is 1. The molecule has 3 nitrogen and oxygen atoms in total. The van der Waals surface area contributed by atoms with Gasteiger partial charge in [-0.3, -0.25) is 9.80 Å². The van der Waals surface area contributed by atoms with Gasteiger partial charge in [0.2, 0.25) is 0 Å². The molecule has 0 radical (unpaired) electrons. The van der Waals surface area contributed by atoms with E-state index in [0.29, 0.717) is 0 Å². The predicted molar refractivity (Wildman–Crippen MR) is 75.7 cm³/mol. The van der Waals surface area contributed by atoms with Crippen molar-refractivity contribution in [2.24, 2.45) is 0 Å². The van der Waals surface area contributed by atoms with Crippen LogP contribution in [-0.4, -0.2) is 48.8 Å². The minimum absolute atomic E-state index is 0.734. The van der Waals surface area contributed by atoms with E-state index in [2.05, 4.69) is 15.9 Å². The molecule has 1 aliphatic carbocycles. The predicted octanol–water partition coefficient (Wildman–Crippen LogP) is 2.51. The fourth-order valence-electron chi connectivity index (χ4n) is 4.59. The van der Waals surface area contributed by atoms with Gasteiger partial charge in [-0.25, -0.2) is 0 Å². The highest BCUT2D eigenvalue weighted by Gasteiger charge is 2.42. The van der Waals surface area contributed by atoms with Gasteiger partial charge >= 0.3 is 0 Å². The Balaban J connectivity index is 1.59. The number of allylic oxidation sites excluding steroid dienone is 2. The summed E-state index contributed by atoms with van der Waals surface area (Å²) in [7, 11) is 1.81. The van der Waals surface area contributed by atoms with Crippen LogP contribution in [0.5, 0.6) is 0 Å². The van der Waals surface area contributed by atoms with Crippen LogP contribution in [0.2, 0.25) is 0 Å². The van der Waals surface area contributed by atoms with Crippen molar-refractivity contribution in [1.82, 2.24) is 9.80 Å². The van der Waals surface area contributed by atoms with Crippen LogP contribution in [0.4, 0.5) is 0 Å². The second kappa shape index (κ2) is 4.64. The van der Waals surface area contributed by atoms with Crippen LogP contribution in [0.25, 0.3) is 0 Å². The van der Waals surface area contributed by atoms with Gasteiger partial charge in [0.1, 0.15) is 0 Å². The van der Waals surface area contributed by atoms with Gasteiger partial charge in [0, 0.05) is 25.6 Å². The molecule has 2 fully saturated rings. The fraction of sp³-hybridized carbons (Fsp3) is 0.750. The summed E-state index contributed by atoms with van der Waals surface area (Å²) in [6.45, 7) is 3.90. The summed E-state index contributed by atoms with van der Waals surface area (Å²) < 4.78 is 5.45. The molecule has 0 aromatic heterocycles. The van der Waals surface area contributed by atoms with Crippen LogP contribution < -0.4 is 0 Å². The summed E-state index contributed by atoms with van der Waals surface area (Å²) >= 11 is 0. The van der Waals surface area contributed by atoms with E-state index in [-0.39, 0.29) is 0 Å². The van der Waals surface area contributed by atoms with E-state index in [1.807, 2.05) is 7.11 Å². The van der Waals surface area contributed by atoms with Crippen molar-refractivity contribution in [2.75, 3.05) is 26.7 Å². The maximum Gasteiger partial charge on any atom is 0.0959 e. The molecule has 0 N–H and O–H groups in total. The van der Waals surface area contributed by atoms with Gasteiger partial charge in [-0.1, -0.05) is 5.57 Å². The van der Waals surface area contributed by atoms with Crippen LogP contribution in [-0.2, 0) is 4.74 Å². The fourth-order valence-corrected chi connectivity index (χ4v) is 4.59. The monoisotopic (exact) mass is 260 g/mol. The Hall–Kier alpha value is -0.800. The van der Waals surface area contributed by atoms with Gasteiger partial charge in [-0.2, -0.15) is 0 Å². The van der Waals surface area contributed by atoms with E-state index in [1.54, 1.807) is 11.1 Å². The minimum Gasteiger partial charge on any atom is -0.501 e. The van der Waals surface area contributed by atoms with Crippen molar-refractivity contribution < 1.29 is 4.74 Å². The lowest BCUT2D eigenvalue weighted by Crippen LogP contribution is -2.57. The average molecular weight is 260 g/mol. The van der Waals surface area contributed by atoms with E-state index in [1.165, 1.54) is 51.1 Å². The molecular weight excluding hydrogens is 236 g/mol. The standard InChI is InChI=1S/C16H24N2O/c1-19-13-4-5-14-12(11-13)6-10-18-15(14)7-9-17-8-2-3-16(17)18/h4,15-16H,2-3,5-11H2,1H3/t15-,16-/m1/s1. The molecule has 4 rings (SSSR count). The Kier molecular flexibility index (Phi) is 2.92. The zero-order chi connectivity index (χ0) is 12.8. The molecule has 104 valence electrons. The second-order valence-corrected chi connectivity index (χ2v) is 6.34. The summed E-state index contributed by atoms with van der Waals surface area (Å²) in [6, 6.07) is 0.734. The molecule has 0 spiro atoms. The van der Waals surface area contributed by atoms with Crippen LogP contribution in [0, 0.1) is 0 Å². The topological polar surface area (TPSA) is 15.7 Å². The number of hydrogen-bond acceptors (Lipinski definition) is 3. The van der Waals surface area contributed by atoms with Crippen LogP contribution in [0.15, 0.2) is 23.0 Å². The van der Waals surface area contributed by atoms with Crippen molar-refractivity contribution in [3.63, 3.8) is 0 Å². The molecule has 0 aromatic carbocycles. The van der Waals surface area contributed by atoms with Gasteiger partial charge < -0.3 is 4.74 Å². The minimum atomic E-state index is 0.734. The van der Waals surface area contributed by atoms with Gasteiger partial charge in [0.05, 0.1) is 19.0 Å². The second-order valence-electron chi connectivity index (χ2n) is 6.34. The highest BCUT2D eigenvalue weighted by atomic mass is 16.5. The first-order chi connectivity index (χ1) is 9.36.